The normalized spacial score (nSPS) is 25.5. The van der Waals surface area contributed by atoms with Crippen molar-refractivity contribution in [1.29, 1.82) is 0 Å². The summed E-state index contributed by atoms with van der Waals surface area (Å²) in [5.41, 5.74) is -0.526. The van der Waals surface area contributed by atoms with E-state index in [4.69, 9.17) is 14.2 Å². The first-order valence-electron chi connectivity index (χ1n) is 8.40. The standard InChI is InChI=1S/C19H28O5/c1-14(20)23-17(13-22-12-15-8-6-5-7-9-15)19(4)11-10-16(24-19)18(2,3)21/h5-9,16-17,21H,10-13H2,1-4H3/t16-,17-,19+/m0/s1. The zero-order valence-electron chi connectivity index (χ0n) is 15.0. The number of hydrogen-bond acceptors (Lipinski definition) is 5. The first-order chi connectivity index (χ1) is 11.2. The molecule has 1 aromatic carbocycles. The second-order valence-corrected chi connectivity index (χ2v) is 7.21. The molecule has 1 N–H and O–H groups in total. The minimum absolute atomic E-state index is 0.254. The lowest BCUT2D eigenvalue weighted by Crippen LogP contribution is -2.47. The van der Waals surface area contributed by atoms with Crippen molar-refractivity contribution in [2.75, 3.05) is 6.61 Å². The van der Waals surface area contributed by atoms with E-state index in [9.17, 15) is 9.90 Å². The van der Waals surface area contributed by atoms with E-state index >= 15 is 0 Å². The molecule has 3 atom stereocenters. The van der Waals surface area contributed by atoms with E-state index in [1.807, 2.05) is 37.3 Å². The molecule has 1 saturated heterocycles. The average Bonchev–Trinajstić information content (AvgIpc) is 2.91. The second-order valence-electron chi connectivity index (χ2n) is 7.21. The summed E-state index contributed by atoms with van der Waals surface area (Å²) in [6.07, 6.45) is 0.630. The molecule has 1 aliphatic heterocycles. The van der Waals surface area contributed by atoms with Gasteiger partial charge in [-0.15, -0.1) is 0 Å². The highest BCUT2D eigenvalue weighted by Gasteiger charge is 2.48. The summed E-state index contributed by atoms with van der Waals surface area (Å²) in [4.78, 5) is 11.5. The van der Waals surface area contributed by atoms with E-state index in [-0.39, 0.29) is 18.7 Å². The number of aliphatic hydroxyl groups is 1. The number of rotatable bonds is 7. The second kappa shape index (κ2) is 7.64. The van der Waals surface area contributed by atoms with Gasteiger partial charge in [-0.3, -0.25) is 4.79 Å². The molecule has 134 valence electrons. The molecule has 24 heavy (non-hydrogen) atoms. The maximum Gasteiger partial charge on any atom is 0.303 e. The average molecular weight is 336 g/mol. The summed E-state index contributed by atoms with van der Waals surface area (Å²) in [6, 6.07) is 9.84. The largest absolute Gasteiger partial charge is 0.457 e. The summed E-state index contributed by atoms with van der Waals surface area (Å²) in [7, 11) is 0. The van der Waals surface area contributed by atoms with Crippen LogP contribution in [0.5, 0.6) is 0 Å². The van der Waals surface area contributed by atoms with E-state index in [0.29, 0.717) is 13.0 Å². The third kappa shape index (κ3) is 5.03. The lowest BCUT2D eigenvalue weighted by molar-refractivity contribution is -0.189. The highest BCUT2D eigenvalue weighted by molar-refractivity contribution is 5.66. The summed E-state index contributed by atoms with van der Waals surface area (Å²) < 4.78 is 17.3. The van der Waals surface area contributed by atoms with Gasteiger partial charge >= 0.3 is 5.97 Å². The van der Waals surface area contributed by atoms with Crippen molar-refractivity contribution in [3.05, 3.63) is 35.9 Å². The molecule has 1 fully saturated rings. The monoisotopic (exact) mass is 336 g/mol. The highest BCUT2D eigenvalue weighted by Crippen LogP contribution is 2.38. The van der Waals surface area contributed by atoms with E-state index in [0.717, 1.165) is 12.0 Å². The Hall–Kier alpha value is -1.43. The first-order valence-corrected chi connectivity index (χ1v) is 8.40. The van der Waals surface area contributed by atoms with Crippen molar-refractivity contribution in [2.24, 2.45) is 0 Å². The van der Waals surface area contributed by atoms with Crippen LogP contribution in [0, 0.1) is 0 Å². The quantitative estimate of drug-likeness (QED) is 0.776. The van der Waals surface area contributed by atoms with Crippen molar-refractivity contribution in [1.82, 2.24) is 0 Å². The minimum Gasteiger partial charge on any atom is -0.457 e. The maximum absolute atomic E-state index is 11.5. The molecule has 0 aromatic heterocycles. The highest BCUT2D eigenvalue weighted by atomic mass is 16.6. The molecule has 0 aliphatic carbocycles. The predicted molar refractivity (Wildman–Crippen MR) is 90.5 cm³/mol. The number of ether oxygens (including phenoxy) is 3. The smallest absolute Gasteiger partial charge is 0.303 e. The Morgan fingerprint density at radius 1 is 1.42 bits per heavy atom. The van der Waals surface area contributed by atoms with Gasteiger partial charge in [-0.2, -0.15) is 0 Å². The molecule has 1 aromatic rings. The summed E-state index contributed by atoms with van der Waals surface area (Å²) in [5, 5.41) is 10.2. The summed E-state index contributed by atoms with van der Waals surface area (Å²) >= 11 is 0. The van der Waals surface area contributed by atoms with Crippen molar-refractivity contribution < 1.29 is 24.1 Å². The number of carbonyl (C=O) groups excluding carboxylic acids is 1. The van der Waals surface area contributed by atoms with E-state index in [1.54, 1.807) is 13.8 Å². The van der Waals surface area contributed by atoms with Gasteiger partial charge in [0.05, 0.1) is 24.9 Å². The van der Waals surface area contributed by atoms with Gasteiger partial charge in [0.1, 0.15) is 5.60 Å². The van der Waals surface area contributed by atoms with Gasteiger partial charge in [0.2, 0.25) is 0 Å². The fourth-order valence-electron chi connectivity index (χ4n) is 2.99. The lowest BCUT2D eigenvalue weighted by Gasteiger charge is -2.35. The molecule has 5 nitrogen and oxygen atoms in total. The van der Waals surface area contributed by atoms with Gasteiger partial charge in [-0.1, -0.05) is 30.3 Å². The van der Waals surface area contributed by atoms with Crippen LogP contribution in [-0.4, -0.2) is 41.1 Å². The van der Waals surface area contributed by atoms with Crippen LogP contribution in [0.4, 0.5) is 0 Å². The van der Waals surface area contributed by atoms with Crippen LogP contribution in [0.1, 0.15) is 46.1 Å². The maximum atomic E-state index is 11.5. The van der Waals surface area contributed by atoms with E-state index in [1.165, 1.54) is 6.92 Å². The summed E-state index contributed by atoms with van der Waals surface area (Å²) in [6.45, 7) is 7.47. The van der Waals surface area contributed by atoms with Gasteiger partial charge in [0.15, 0.2) is 6.10 Å². The van der Waals surface area contributed by atoms with Crippen LogP contribution in [-0.2, 0) is 25.6 Å². The van der Waals surface area contributed by atoms with Crippen molar-refractivity contribution in [2.45, 2.75) is 70.6 Å². The van der Waals surface area contributed by atoms with Crippen molar-refractivity contribution in [3.63, 3.8) is 0 Å². The Balaban J connectivity index is 1.98. The van der Waals surface area contributed by atoms with Gasteiger partial charge in [-0.25, -0.2) is 0 Å². The van der Waals surface area contributed by atoms with Crippen LogP contribution in [0.2, 0.25) is 0 Å². The van der Waals surface area contributed by atoms with Crippen LogP contribution in [0.25, 0.3) is 0 Å². The fraction of sp³-hybridized carbons (Fsp3) is 0.632. The lowest BCUT2D eigenvalue weighted by atomic mass is 9.93. The number of hydrogen-bond donors (Lipinski definition) is 1. The zero-order chi connectivity index (χ0) is 17.8. The molecule has 2 rings (SSSR count). The van der Waals surface area contributed by atoms with Crippen molar-refractivity contribution >= 4 is 5.97 Å². The molecule has 0 unspecified atom stereocenters. The predicted octanol–water partition coefficient (Wildman–Crippen LogP) is 2.84. The van der Waals surface area contributed by atoms with Gasteiger partial charge < -0.3 is 19.3 Å². The molecule has 1 heterocycles. The van der Waals surface area contributed by atoms with Crippen LogP contribution >= 0.6 is 0 Å². The molecular formula is C19H28O5. The number of benzene rings is 1. The first kappa shape index (κ1) is 18.9. The fourth-order valence-corrected chi connectivity index (χ4v) is 2.99. The molecule has 0 amide bonds. The zero-order valence-corrected chi connectivity index (χ0v) is 15.0. The minimum atomic E-state index is -0.927. The summed E-state index contributed by atoms with van der Waals surface area (Å²) in [5.74, 6) is -0.361. The third-order valence-corrected chi connectivity index (χ3v) is 4.47. The topological polar surface area (TPSA) is 65.0 Å². The number of esters is 1. The van der Waals surface area contributed by atoms with E-state index in [2.05, 4.69) is 0 Å². The van der Waals surface area contributed by atoms with Crippen LogP contribution < -0.4 is 0 Å². The van der Waals surface area contributed by atoms with Gasteiger partial charge in [0, 0.05) is 6.92 Å². The number of carbonyl (C=O) groups is 1. The Labute approximate surface area is 143 Å². The Morgan fingerprint density at radius 2 is 2.08 bits per heavy atom. The Morgan fingerprint density at radius 3 is 2.62 bits per heavy atom. The van der Waals surface area contributed by atoms with Crippen LogP contribution in [0.3, 0.4) is 0 Å². The molecule has 5 heteroatoms. The Bertz CT molecular complexity index is 536. The molecule has 0 bridgehead atoms. The van der Waals surface area contributed by atoms with E-state index < -0.39 is 17.3 Å². The van der Waals surface area contributed by atoms with Crippen molar-refractivity contribution in [3.8, 4) is 0 Å². The molecule has 0 saturated carbocycles. The van der Waals surface area contributed by atoms with Gasteiger partial charge in [-0.05, 0) is 39.2 Å². The molecule has 0 radical (unpaired) electrons. The molecule has 1 aliphatic rings. The molecular weight excluding hydrogens is 308 g/mol. The molecule has 0 spiro atoms. The van der Waals surface area contributed by atoms with Gasteiger partial charge in [0.25, 0.3) is 0 Å². The van der Waals surface area contributed by atoms with Crippen LogP contribution in [0.15, 0.2) is 30.3 Å². The third-order valence-electron chi connectivity index (χ3n) is 4.47. The Kier molecular flexibility index (Phi) is 6.01. The SMILES string of the molecule is CC(=O)O[C@@H](COCc1ccccc1)[C@@]1(C)CC[C@@H](C(C)(C)O)O1.